The van der Waals surface area contributed by atoms with Gasteiger partial charge in [-0.15, -0.1) is 0 Å². The van der Waals surface area contributed by atoms with Crippen LogP contribution < -0.4 is 0 Å². The Kier molecular flexibility index (Phi) is 4.22. The first-order chi connectivity index (χ1) is 9.34. The van der Waals surface area contributed by atoms with Crippen LogP contribution >= 0.6 is 15.9 Å². The number of rotatable bonds is 3. The Hall–Kier alpha value is -0.820. The topological polar surface area (TPSA) is 0 Å². The lowest BCUT2D eigenvalue weighted by Gasteiger charge is -2.24. The summed E-state index contributed by atoms with van der Waals surface area (Å²) in [7, 11) is 0. The van der Waals surface area contributed by atoms with Gasteiger partial charge < -0.3 is 0 Å². The summed E-state index contributed by atoms with van der Waals surface area (Å²) >= 11 is 3.94. The molecule has 1 unspecified atom stereocenters. The molecule has 3 rings (SSSR count). The molecule has 2 aromatic carbocycles. The van der Waals surface area contributed by atoms with E-state index in [2.05, 4.69) is 58.4 Å². The van der Waals surface area contributed by atoms with Crippen LogP contribution in [0.25, 0.3) is 10.8 Å². The zero-order chi connectivity index (χ0) is 13.1. The van der Waals surface area contributed by atoms with Gasteiger partial charge in [-0.2, -0.15) is 0 Å². The molecule has 1 aliphatic rings. The normalized spacial score (nSPS) is 18.6. The van der Waals surface area contributed by atoms with E-state index in [0.717, 1.165) is 5.92 Å². The van der Waals surface area contributed by atoms with Crippen LogP contribution in [0.2, 0.25) is 0 Å². The van der Waals surface area contributed by atoms with E-state index in [1.54, 1.807) is 0 Å². The average molecular weight is 317 g/mol. The van der Waals surface area contributed by atoms with Crippen LogP contribution in [0.1, 0.15) is 48.9 Å². The Labute approximate surface area is 124 Å². The maximum atomic E-state index is 3.94. The fraction of sp³-hybridized carbons (Fsp3) is 0.444. The number of hydrogen-bond acceptors (Lipinski definition) is 0. The molecule has 2 aromatic rings. The monoisotopic (exact) mass is 316 g/mol. The Balaban J connectivity index is 1.82. The molecule has 100 valence electrons. The van der Waals surface area contributed by atoms with Gasteiger partial charge in [0.05, 0.1) is 0 Å². The Morgan fingerprint density at radius 3 is 2.53 bits per heavy atom. The molecule has 0 heterocycles. The van der Waals surface area contributed by atoms with Crippen LogP contribution in [0.5, 0.6) is 0 Å². The molecule has 0 aliphatic heterocycles. The highest BCUT2D eigenvalue weighted by Crippen LogP contribution is 2.38. The largest absolute Gasteiger partial charge is 0.0838 e. The third kappa shape index (κ3) is 3.02. The summed E-state index contributed by atoms with van der Waals surface area (Å²) in [6.07, 6.45) is 8.44. The molecule has 1 heteroatoms. The van der Waals surface area contributed by atoms with E-state index in [-0.39, 0.29) is 0 Å². The fourth-order valence-corrected chi connectivity index (χ4v) is 4.29. The lowest BCUT2D eigenvalue weighted by Crippen LogP contribution is -2.08. The van der Waals surface area contributed by atoms with Crippen molar-refractivity contribution in [3.63, 3.8) is 0 Å². The molecule has 0 saturated heterocycles. The van der Waals surface area contributed by atoms with E-state index in [1.165, 1.54) is 54.9 Å². The summed E-state index contributed by atoms with van der Waals surface area (Å²) in [6, 6.07) is 15.4. The summed E-state index contributed by atoms with van der Waals surface area (Å²) in [5, 5.41) is 2.76. The molecule has 0 spiro atoms. The number of alkyl halides is 1. The van der Waals surface area contributed by atoms with Gasteiger partial charge in [0.2, 0.25) is 0 Å². The fourth-order valence-electron chi connectivity index (χ4n) is 3.37. The van der Waals surface area contributed by atoms with Gasteiger partial charge >= 0.3 is 0 Å². The number of hydrogen-bond donors (Lipinski definition) is 0. The number of benzene rings is 2. The third-order valence-corrected chi connectivity index (χ3v) is 5.29. The summed E-state index contributed by atoms with van der Waals surface area (Å²) in [5.41, 5.74) is 1.46. The highest BCUT2D eigenvalue weighted by atomic mass is 79.9. The molecule has 1 atom stereocenters. The first kappa shape index (κ1) is 13.2. The quantitative estimate of drug-likeness (QED) is 0.587. The SMILES string of the molecule is BrC(CC1CCCCC1)c1cccc2ccccc12. The van der Waals surface area contributed by atoms with E-state index >= 15 is 0 Å². The van der Waals surface area contributed by atoms with Crippen LogP contribution in [0.15, 0.2) is 42.5 Å². The van der Waals surface area contributed by atoms with E-state index in [0.29, 0.717) is 4.83 Å². The smallest absolute Gasteiger partial charge is 0.0404 e. The minimum absolute atomic E-state index is 0.502. The van der Waals surface area contributed by atoms with Crippen LogP contribution in [0.3, 0.4) is 0 Å². The standard InChI is InChI=1S/C18H21Br/c19-18(13-14-7-2-1-3-8-14)17-12-6-10-15-9-4-5-11-16(15)17/h4-6,9-12,14,18H,1-3,7-8,13H2. The lowest BCUT2D eigenvalue weighted by atomic mass is 9.84. The van der Waals surface area contributed by atoms with Crippen LogP contribution in [-0.2, 0) is 0 Å². The number of halogens is 1. The van der Waals surface area contributed by atoms with E-state index < -0.39 is 0 Å². The zero-order valence-electron chi connectivity index (χ0n) is 11.3. The van der Waals surface area contributed by atoms with E-state index in [4.69, 9.17) is 0 Å². The van der Waals surface area contributed by atoms with Crippen LogP contribution in [0.4, 0.5) is 0 Å². The lowest BCUT2D eigenvalue weighted by molar-refractivity contribution is 0.339. The van der Waals surface area contributed by atoms with Crippen molar-refractivity contribution in [3.05, 3.63) is 48.0 Å². The van der Waals surface area contributed by atoms with Crippen molar-refractivity contribution in [1.82, 2.24) is 0 Å². The molecule has 0 bridgehead atoms. The molecular weight excluding hydrogens is 296 g/mol. The molecular formula is C18H21Br. The summed E-state index contributed by atoms with van der Waals surface area (Å²) in [5.74, 6) is 0.914. The van der Waals surface area contributed by atoms with Crippen molar-refractivity contribution in [2.24, 2.45) is 5.92 Å². The van der Waals surface area contributed by atoms with Crippen molar-refractivity contribution in [3.8, 4) is 0 Å². The van der Waals surface area contributed by atoms with Gasteiger partial charge in [-0.3, -0.25) is 0 Å². The number of fused-ring (bicyclic) bond motifs is 1. The van der Waals surface area contributed by atoms with Gasteiger partial charge in [0.15, 0.2) is 0 Å². The zero-order valence-corrected chi connectivity index (χ0v) is 12.9. The maximum Gasteiger partial charge on any atom is 0.0404 e. The van der Waals surface area contributed by atoms with E-state index in [1.807, 2.05) is 0 Å². The molecule has 0 radical (unpaired) electrons. The highest BCUT2D eigenvalue weighted by molar-refractivity contribution is 9.09. The summed E-state index contributed by atoms with van der Waals surface area (Å²) < 4.78 is 0. The van der Waals surface area contributed by atoms with Crippen molar-refractivity contribution < 1.29 is 0 Å². The first-order valence-corrected chi connectivity index (χ1v) is 8.38. The molecule has 0 N–H and O–H groups in total. The van der Waals surface area contributed by atoms with Crippen LogP contribution in [-0.4, -0.2) is 0 Å². The van der Waals surface area contributed by atoms with Crippen LogP contribution in [0, 0.1) is 5.92 Å². The minimum atomic E-state index is 0.502. The third-order valence-electron chi connectivity index (χ3n) is 4.43. The Morgan fingerprint density at radius 2 is 1.68 bits per heavy atom. The predicted molar refractivity (Wildman–Crippen MR) is 86.8 cm³/mol. The molecule has 0 aromatic heterocycles. The second-order valence-corrected chi connectivity index (χ2v) is 6.88. The van der Waals surface area contributed by atoms with Gasteiger partial charge in [0.1, 0.15) is 0 Å². The second-order valence-electron chi connectivity index (χ2n) is 5.78. The average Bonchev–Trinajstić information content (AvgIpc) is 2.47. The van der Waals surface area contributed by atoms with Gasteiger partial charge in [0.25, 0.3) is 0 Å². The predicted octanol–water partition coefficient (Wildman–Crippen LogP) is 6.25. The van der Waals surface area contributed by atoms with Crippen molar-refractivity contribution in [2.45, 2.75) is 43.4 Å². The first-order valence-electron chi connectivity index (χ1n) is 7.46. The highest BCUT2D eigenvalue weighted by Gasteiger charge is 2.19. The maximum absolute atomic E-state index is 3.94. The van der Waals surface area contributed by atoms with E-state index in [9.17, 15) is 0 Å². The van der Waals surface area contributed by atoms with Crippen molar-refractivity contribution in [1.29, 1.82) is 0 Å². The van der Waals surface area contributed by atoms with Crippen molar-refractivity contribution >= 4 is 26.7 Å². The van der Waals surface area contributed by atoms with Gasteiger partial charge in [-0.05, 0) is 28.7 Å². The summed E-state index contributed by atoms with van der Waals surface area (Å²) in [4.78, 5) is 0.502. The molecule has 19 heavy (non-hydrogen) atoms. The Bertz CT molecular complexity index is 535. The molecule has 1 aliphatic carbocycles. The molecule has 0 nitrogen and oxygen atoms in total. The molecule has 1 saturated carbocycles. The minimum Gasteiger partial charge on any atom is -0.0838 e. The second kappa shape index (κ2) is 6.09. The molecule has 0 amide bonds. The Morgan fingerprint density at radius 1 is 0.947 bits per heavy atom. The summed E-state index contributed by atoms with van der Waals surface area (Å²) in [6.45, 7) is 0. The van der Waals surface area contributed by atoms with Crippen molar-refractivity contribution in [2.75, 3.05) is 0 Å². The van der Waals surface area contributed by atoms with Gasteiger partial charge in [0, 0.05) is 4.83 Å². The van der Waals surface area contributed by atoms with Gasteiger partial charge in [-0.25, -0.2) is 0 Å². The van der Waals surface area contributed by atoms with Gasteiger partial charge in [-0.1, -0.05) is 90.5 Å². The molecule has 1 fully saturated rings.